The van der Waals surface area contributed by atoms with Gasteiger partial charge in [0.1, 0.15) is 11.5 Å². The number of nitrogens with zero attached hydrogens (tertiary/aromatic N) is 2. The molecule has 4 aromatic rings. The minimum Gasteiger partial charge on any atom is -0.494 e. The van der Waals surface area contributed by atoms with Gasteiger partial charge in [-0.2, -0.15) is 0 Å². The van der Waals surface area contributed by atoms with Crippen molar-refractivity contribution in [3.05, 3.63) is 102 Å². The second kappa shape index (κ2) is 19.5. The Balaban J connectivity index is 0.000000212. The van der Waals surface area contributed by atoms with Gasteiger partial charge in [-0.3, -0.25) is 9.97 Å². The van der Waals surface area contributed by atoms with Gasteiger partial charge in [-0.25, -0.2) is 0 Å². The van der Waals surface area contributed by atoms with Crippen molar-refractivity contribution in [3.8, 4) is 22.6 Å². The summed E-state index contributed by atoms with van der Waals surface area (Å²) in [6, 6.07) is 22.9. The SMILES string of the molecule is ClCCCOc1ccc(-c2ccncc2)cc1.ClCCCOc1ccc(Br)cc1.OB(O)c1ccncc1. The molecule has 0 unspecified atom stereocenters. The maximum Gasteiger partial charge on any atom is 0.488 e. The fourth-order valence-corrected chi connectivity index (χ4v) is 3.33. The van der Waals surface area contributed by atoms with Gasteiger partial charge in [0.2, 0.25) is 0 Å². The van der Waals surface area contributed by atoms with Crippen molar-refractivity contribution in [1.29, 1.82) is 0 Å². The van der Waals surface area contributed by atoms with Crippen molar-refractivity contribution in [2.24, 2.45) is 0 Å². The Morgan fingerprint density at radius 1 is 0.632 bits per heavy atom. The van der Waals surface area contributed by atoms with Gasteiger partial charge < -0.3 is 19.5 Å². The van der Waals surface area contributed by atoms with Gasteiger partial charge in [0.05, 0.1) is 13.2 Å². The van der Waals surface area contributed by atoms with Crippen LogP contribution in [0.3, 0.4) is 0 Å². The van der Waals surface area contributed by atoms with Crippen LogP contribution in [-0.2, 0) is 0 Å². The van der Waals surface area contributed by atoms with Crippen molar-refractivity contribution in [3.63, 3.8) is 0 Å². The van der Waals surface area contributed by atoms with Crippen LogP contribution in [0.5, 0.6) is 11.5 Å². The molecule has 2 heterocycles. The third-order valence-corrected chi connectivity index (χ3v) is 5.84. The van der Waals surface area contributed by atoms with E-state index in [4.69, 9.17) is 42.7 Å². The minimum atomic E-state index is -1.38. The molecule has 0 amide bonds. The molecule has 2 aromatic carbocycles. The normalized spacial score (nSPS) is 9.82. The Bertz CT molecular complexity index is 1130. The molecule has 0 fully saturated rings. The molecule has 0 aliphatic carbocycles. The van der Waals surface area contributed by atoms with Gasteiger partial charge in [0.25, 0.3) is 0 Å². The first-order valence-corrected chi connectivity index (χ1v) is 13.8. The summed E-state index contributed by atoms with van der Waals surface area (Å²) in [4.78, 5) is 7.71. The Morgan fingerprint density at radius 3 is 1.47 bits per heavy atom. The van der Waals surface area contributed by atoms with Crippen LogP contribution in [0.15, 0.2) is 102 Å². The molecular weight excluding hydrogens is 590 g/mol. The number of aromatic nitrogens is 2. The number of benzene rings is 2. The van der Waals surface area contributed by atoms with E-state index in [0.29, 0.717) is 30.4 Å². The van der Waals surface area contributed by atoms with E-state index in [-0.39, 0.29) is 0 Å². The van der Waals surface area contributed by atoms with E-state index in [0.717, 1.165) is 39.9 Å². The highest BCUT2D eigenvalue weighted by atomic mass is 79.9. The lowest BCUT2D eigenvalue weighted by molar-refractivity contribution is 0.318. The number of halogens is 3. The number of hydrogen-bond acceptors (Lipinski definition) is 6. The van der Waals surface area contributed by atoms with Crippen molar-refractivity contribution < 1.29 is 19.5 Å². The smallest absolute Gasteiger partial charge is 0.488 e. The van der Waals surface area contributed by atoms with Crippen LogP contribution in [0.2, 0.25) is 0 Å². The monoisotopic (exact) mass is 618 g/mol. The standard InChI is InChI=1S/C14H14ClNO.C9H10BrClO.C5H6BNO2/c15-8-1-11-17-14-4-2-12(3-5-14)13-6-9-16-10-7-13;10-8-2-4-9(5-3-8)12-7-1-6-11;8-6(9)5-1-3-7-4-2-5/h2-7,9-10H,1,8,11H2;2-5H,1,6-7H2;1-4,8-9H. The van der Waals surface area contributed by atoms with E-state index >= 15 is 0 Å². The third-order valence-electron chi connectivity index (χ3n) is 4.78. The zero-order valence-corrected chi connectivity index (χ0v) is 23.9. The lowest BCUT2D eigenvalue weighted by Crippen LogP contribution is -2.29. The summed E-state index contributed by atoms with van der Waals surface area (Å²) >= 11 is 14.4. The van der Waals surface area contributed by atoms with Crippen LogP contribution in [0.25, 0.3) is 11.1 Å². The number of rotatable bonds is 10. The predicted octanol–water partition coefficient (Wildman–Crippen LogP) is 5.97. The lowest BCUT2D eigenvalue weighted by Gasteiger charge is -2.06. The topological polar surface area (TPSA) is 84.7 Å². The molecule has 38 heavy (non-hydrogen) atoms. The first-order valence-electron chi connectivity index (χ1n) is 11.9. The molecule has 6 nitrogen and oxygen atoms in total. The first kappa shape index (κ1) is 31.6. The fourth-order valence-electron chi connectivity index (χ4n) is 2.84. The number of hydrogen-bond donors (Lipinski definition) is 2. The lowest BCUT2D eigenvalue weighted by atomic mass is 9.81. The van der Waals surface area contributed by atoms with E-state index in [1.54, 1.807) is 24.5 Å². The molecule has 0 aliphatic rings. The number of alkyl halides is 2. The van der Waals surface area contributed by atoms with Gasteiger partial charge in [-0.15, -0.1) is 23.2 Å². The van der Waals surface area contributed by atoms with E-state index in [1.807, 2.05) is 60.7 Å². The Morgan fingerprint density at radius 2 is 1.05 bits per heavy atom. The largest absolute Gasteiger partial charge is 0.494 e. The van der Waals surface area contributed by atoms with Crippen LogP contribution in [0.4, 0.5) is 0 Å². The molecule has 2 aromatic heterocycles. The van der Waals surface area contributed by atoms with Crippen LogP contribution in [0.1, 0.15) is 12.8 Å². The van der Waals surface area contributed by atoms with Crippen LogP contribution >= 0.6 is 39.1 Å². The maximum absolute atomic E-state index is 8.55. The summed E-state index contributed by atoms with van der Waals surface area (Å²) < 4.78 is 12.0. The Hall–Kier alpha value is -2.62. The predicted molar refractivity (Wildman–Crippen MR) is 160 cm³/mol. The molecule has 2 N–H and O–H groups in total. The van der Waals surface area contributed by atoms with Gasteiger partial charge in [0.15, 0.2) is 0 Å². The molecule has 200 valence electrons. The van der Waals surface area contributed by atoms with Gasteiger partial charge in [-0.1, -0.05) is 28.1 Å². The van der Waals surface area contributed by atoms with Crippen molar-refractivity contribution in [2.75, 3.05) is 25.0 Å². The fraction of sp³-hybridized carbons (Fsp3) is 0.214. The highest BCUT2D eigenvalue weighted by Crippen LogP contribution is 2.21. The summed E-state index contributed by atoms with van der Waals surface area (Å²) in [6.45, 7) is 1.35. The van der Waals surface area contributed by atoms with Gasteiger partial charge in [-0.05, 0) is 90.1 Å². The average molecular weight is 620 g/mol. The quantitative estimate of drug-likeness (QED) is 0.129. The molecule has 0 aliphatic heterocycles. The molecule has 0 atom stereocenters. The Labute approximate surface area is 242 Å². The molecule has 0 radical (unpaired) electrons. The highest BCUT2D eigenvalue weighted by Gasteiger charge is 2.08. The Kier molecular flexibility index (Phi) is 16.2. The maximum atomic E-state index is 8.55. The summed E-state index contributed by atoms with van der Waals surface area (Å²) in [5, 5.41) is 17.1. The minimum absolute atomic E-state index is 0.463. The van der Waals surface area contributed by atoms with Crippen LogP contribution in [-0.4, -0.2) is 52.1 Å². The van der Waals surface area contributed by atoms with Crippen molar-refractivity contribution in [1.82, 2.24) is 9.97 Å². The summed E-state index contributed by atoms with van der Waals surface area (Å²) in [5.74, 6) is 3.06. The summed E-state index contributed by atoms with van der Waals surface area (Å²) in [7, 11) is -1.38. The van der Waals surface area contributed by atoms with E-state index < -0.39 is 7.12 Å². The number of pyridine rings is 2. The van der Waals surface area contributed by atoms with Gasteiger partial charge in [0, 0.05) is 41.0 Å². The molecule has 0 spiro atoms. The molecular formula is C28H30BBrCl2N2O4. The van der Waals surface area contributed by atoms with E-state index in [2.05, 4.69) is 25.9 Å². The van der Waals surface area contributed by atoms with Crippen molar-refractivity contribution in [2.45, 2.75) is 12.8 Å². The molecule has 0 saturated carbocycles. The highest BCUT2D eigenvalue weighted by molar-refractivity contribution is 9.10. The average Bonchev–Trinajstić information content (AvgIpc) is 2.96. The van der Waals surface area contributed by atoms with Gasteiger partial charge >= 0.3 is 7.12 Å². The van der Waals surface area contributed by atoms with Crippen LogP contribution < -0.4 is 14.9 Å². The molecule has 4 rings (SSSR count). The molecule has 0 bridgehead atoms. The summed E-state index contributed by atoms with van der Waals surface area (Å²) in [6.07, 6.45) is 8.36. The second-order valence-corrected chi connectivity index (χ2v) is 9.32. The molecule has 0 saturated heterocycles. The van der Waals surface area contributed by atoms with E-state index in [1.165, 1.54) is 12.4 Å². The summed E-state index contributed by atoms with van der Waals surface area (Å²) in [5.41, 5.74) is 2.79. The second-order valence-electron chi connectivity index (χ2n) is 7.65. The zero-order valence-electron chi connectivity index (χ0n) is 20.8. The van der Waals surface area contributed by atoms with E-state index in [9.17, 15) is 0 Å². The third kappa shape index (κ3) is 13.3. The van der Waals surface area contributed by atoms with Crippen molar-refractivity contribution >= 4 is 51.7 Å². The first-order chi connectivity index (χ1) is 18.5. The van der Waals surface area contributed by atoms with Crippen LogP contribution in [0, 0.1) is 0 Å². The zero-order chi connectivity index (χ0) is 27.4. The number of ether oxygens (including phenoxy) is 2. The molecule has 10 heteroatoms.